The minimum Gasteiger partial charge on any atom is -0.409 e. The Bertz CT molecular complexity index is 304. The molecule has 0 unspecified atom stereocenters. The molecule has 1 aliphatic rings. The number of carbonyl (C=O) groups excluding carboxylic acids is 1. The summed E-state index contributed by atoms with van der Waals surface area (Å²) in [6, 6.07) is 0. The van der Waals surface area contributed by atoms with Gasteiger partial charge in [-0.3, -0.25) is 4.79 Å². The second-order valence-electron chi connectivity index (χ2n) is 5.33. The van der Waals surface area contributed by atoms with E-state index in [2.05, 4.69) is 10.5 Å². The van der Waals surface area contributed by atoms with Crippen LogP contribution in [0.3, 0.4) is 0 Å². The summed E-state index contributed by atoms with van der Waals surface area (Å²) in [6.45, 7) is 5.34. The summed E-state index contributed by atoms with van der Waals surface area (Å²) in [4.78, 5) is 12.0. The van der Waals surface area contributed by atoms with Crippen molar-refractivity contribution in [3.05, 3.63) is 0 Å². The van der Waals surface area contributed by atoms with Gasteiger partial charge >= 0.3 is 0 Å². The van der Waals surface area contributed by atoms with Gasteiger partial charge in [0.2, 0.25) is 5.91 Å². The third-order valence-corrected chi connectivity index (χ3v) is 3.44. The van der Waals surface area contributed by atoms with E-state index in [1.165, 1.54) is 0 Å². The first-order chi connectivity index (χ1) is 7.32. The molecule has 4 N–H and O–H groups in total. The highest BCUT2D eigenvalue weighted by Gasteiger charge is 2.38. The molecule has 0 spiro atoms. The molecule has 1 amide bonds. The van der Waals surface area contributed by atoms with E-state index in [0.717, 1.165) is 25.7 Å². The summed E-state index contributed by atoms with van der Waals surface area (Å²) in [7, 11) is 0. The summed E-state index contributed by atoms with van der Waals surface area (Å²) >= 11 is 0. The monoisotopic (exact) mass is 227 g/mol. The highest BCUT2D eigenvalue weighted by molar-refractivity contribution is 6.06. The highest BCUT2D eigenvalue weighted by atomic mass is 16.4. The van der Waals surface area contributed by atoms with E-state index in [0.29, 0.717) is 0 Å². The zero-order chi connectivity index (χ0) is 12.4. The van der Waals surface area contributed by atoms with Gasteiger partial charge in [-0.2, -0.15) is 0 Å². The number of nitrogens with zero attached hydrogens (tertiary/aromatic N) is 1. The van der Waals surface area contributed by atoms with Crippen molar-refractivity contribution >= 4 is 11.7 Å². The van der Waals surface area contributed by atoms with Crippen LogP contribution < -0.4 is 11.1 Å². The number of amidine groups is 1. The van der Waals surface area contributed by atoms with E-state index >= 15 is 0 Å². The Hall–Kier alpha value is -1.26. The van der Waals surface area contributed by atoms with Crippen molar-refractivity contribution in [1.82, 2.24) is 5.32 Å². The SMILES string of the molecule is CC1(NC(=O)C(C)(C)C(N)=NO)CCCC1. The van der Waals surface area contributed by atoms with Crippen LogP contribution >= 0.6 is 0 Å². The first-order valence-electron chi connectivity index (χ1n) is 5.62. The maximum Gasteiger partial charge on any atom is 0.233 e. The lowest BCUT2D eigenvalue weighted by Gasteiger charge is -2.31. The minimum absolute atomic E-state index is 0.0633. The largest absolute Gasteiger partial charge is 0.409 e. The summed E-state index contributed by atoms with van der Waals surface area (Å²) < 4.78 is 0. The third-order valence-electron chi connectivity index (χ3n) is 3.44. The number of carbonyl (C=O) groups is 1. The van der Waals surface area contributed by atoms with Crippen molar-refractivity contribution in [2.45, 2.75) is 52.0 Å². The molecule has 1 aliphatic carbocycles. The van der Waals surface area contributed by atoms with Crippen LogP contribution in [0.2, 0.25) is 0 Å². The van der Waals surface area contributed by atoms with Crippen LogP contribution in [0.25, 0.3) is 0 Å². The van der Waals surface area contributed by atoms with Gasteiger partial charge in [0.05, 0.1) is 0 Å². The van der Waals surface area contributed by atoms with Crippen molar-refractivity contribution < 1.29 is 10.0 Å². The lowest BCUT2D eigenvalue weighted by atomic mass is 9.88. The van der Waals surface area contributed by atoms with Crippen molar-refractivity contribution in [2.24, 2.45) is 16.3 Å². The van der Waals surface area contributed by atoms with Gasteiger partial charge in [0.1, 0.15) is 5.41 Å². The van der Waals surface area contributed by atoms with Gasteiger partial charge in [-0.05, 0) is 33.6 Å². The Morgan fingerprint density at radius 1 is 1.44 bits per heavy atom. The Morgan fingerprint density at radius 2 is 1.94 bits per heavy atom. The molecule has 0 aromatic rings. The average molecular weight is 227 g/mol. The molecule has 0 aromatic carbocycles. The van der Waals surface area contributed by atoms with E-state index in [4.69, 9.17) is 10.9 Å². The second-order valence-corrected chi connectivity index (χ2v) is 5.33. The maximum atomic E-state index is 12.0. The van der Waals surface area contributed by atoms with E-state index < -0.39 is 5.41 Å². The molecule has 0 saturated heterocycles. The molecule has 5 heteroatoms. The zero-order valence-electron chi connectivity index (χ0n) is 10.2. The molecule has 5 nitrogen and oxygen atoms in total. The molecule has 0 bridgehead atoms. The van der Waals surface area contributed by atoms with Crippen LogP contribution in [0.5, 0.6) is 0 Å². The summed E-state index contributed by atoms with van der Waals surface area (Å²) in [5.74, 6) is -0.251. The normalized spacial score (nSPS) is 20.8. The smallest absolute Gasteiger partial charge is 0.233 e. The first-order valence-corrected chi connectivity index (χ1v) is 5.62. The van der Waals surface area contributed by atoms with Crippen LogP contribution in [0.4, 0.5) is 0 Å². The first kappa shape index (κ1) is 12.8. The number of nitrogens with two attached hydrogens (primary N) is 1. The van der Waals surface area contributed by atoms with Crippen molar-refractivity contribution in [2.75, 3.05) is 0 Å². The molecule has 0 heterocycles. The van der Waals surface area contributed by atoms with E-state index in [1.54, 1.807) is 13.8 Å². The highest BCUT2D eigenvalue weighted by Crippen LogP contribution is 2.30. The van der Waals surface area contributed by atoms with Gasteiger partial charge in [-0.25, -0.2) is 0 Å². The average Bonchev–Trinajstić information content (AvgIpc) is 2.63. The Labute approximate surface area is 96.1 Å². The maximum absolute atomic E-state index is 12.0. The predicted octanol–water partition coefficient (Wildman–Crippen LogP) is 1.21. The molecule has 16 heavy (non-hydrogen) atoms. The Morgan fingerprint density at radius 3 is 2.38 bits per heavy atom. The fourth-order valence-electron chi connectivity index (χ4n) is 1.95. The second kappa shape index (κ2) is 4.31. The van der Waals surface area contributed by atoms with E-state index in [9.17, 15) is 4.79 Å². The van der Waals surface area contributed by atoms with Crippen molar-refractivity contribution in [3.63, 3.8) is 0 Å². The Kier molecular flexibility index (Phi) is 3.45. The molecule has 1 saturated carbocycles. The van der Waals surface area contributed by atoms with E-state index in [-0.39, 0.29) is 17.3 Å². The molecule has 1 rings (SSSR count). The minimum atomic E-state index is -0.972. The van der Waals surface area contributed by atoms with E-state index in [1.807, 2.05) is 6.92 Å². The molecule has 0 aliphatic heterocycles. The fraction of sp³-hybridized carbons (Fsp3) is 0.818. The fourth-order valence-corrected chi connectivity index (χ4v) is 1.95. The molecule has 92 valence electrons. The van der Waals surface area contributed by atoms with Crippen LogP contribution in [-0.2, 0) is 4.79 Å². The van der Waals surface area contributed by atoms with Crippen LogP contribution in [0.15, 0.2) is 5.16 Å². The quantitative estimate of drug-likeness (QED) is 0.293. The van der Waals surface area contributed by atoms with Gasteiger partial charge in [0.25, 0.3) is 0 Å². The van der Waals surface area contributed by atoms with Gasteiger partial charge < -0.3 is 16.3 Å². The molecular formula is C11H21N3O2. The summed E-state index contributed by atoms with van der Waals surface area (Å²) in [5, 5.41) is 14.5. The van der Waals surface area contributed by atoms with Crippen LogP contribution in [-0.4, -0.2) is 22.5 Å². The van der Waals surface area contributed by atoms with Crippen molar-refractivity contribution in [3.8, 4) is 0 Å². The number of rotatable bonds is 3. The van der Waals surface area contributed by atoms with Gasteiger partial charge in [0.15, 0.2) is 5.84 Å². The van der Waals surface area contributed by atoms with Gasteiger partial charge in [-0.1, -0.05) is 18.0 Å². The molecular weight excluding hydrogens is 206 g/mol. The number of nitrogens with one attached hydrogen (secondary N) is 1. The van der Waals surface area contributed by atoms with Gasteiger partial charge in [0, 0.05) is 5.54 Å². The zero-order valence-corrected chi connectivity index (χ0v) is 10.2. The summed E-state index contributed by atoms with van der Waals surface area (Å²) in [5.41, 5.74) is 4.40. The number of hydrogen-bond acceptors (Lipinski definition) is 3. The lowest BCUT2D eigenvalue weighted by molar-refractivity contribution is -0.128. The Balaban J connectivity index is 2.71. The van der Waals surface area contributed by atoms with Crippen LogP contribution in [0.1, 0.15) is 46.5 Å². The predicted molar refractivity (Wildman–Crippen MR) is 62.2 cm³/mol. The number of oxime groups is 1. The van der Waals surface area contributed by atoms with Gasteiger partial charge in [-0.15, -0.1) is 0 Å². The molecule has 1 fully saturated rings. The third kappa shape index (κ3) is 2.46. The molecule has 0 atom stereocenters. The lowest BCUT2D eigenvalue weighted by Crippen LogP contribution is -2.53. The summed E-state index contributed by atoms with van der Waals surface area (Å²) in [6.07, 6.45) is 4.26. The molecule has 0 radical (unpaired) electrons. The number of amides is 1. The topological polar surface area (TPSA) is 87.7 Å². The number of hydrogen-bond donors (Lipinski definition) is 3. The van der Waals surface area contributed by atoms with Crippen LogP contribution in [0, 0.1) is 5.41 Å². The standard InChI is InChI=1S/C11H21N3O2/c1-10(2,8(12)14-16)9(15)13-11(3)6-4-5-7-11/h16H,4-7H2,1-3H3,(H2,12,14)(H,13,15). The van der Waals surface area contributed by atoms with Crippen molar-refractivity contribution in [1.29, 1.82) is 0 Å². The molecule has 0 aromatic heterocycles.